The Bertz CT molecular complexity index is 662. The maximum Gasteiger partial charge on any atom is 0.305 e. The predicted octanol–water partition coefficient (Wildman–Crippen LogP) is 1.91. The minimum absolute atomic E-state index is 0.0486. The van der Waals surface area contributed by atoms with Gasteiger partial charge in [-0.2, -0.15) is 0 Å². The van der Waals surface area contributed by atoms with Gasteiger partial charge in [-0.1, -0.05) is 6.07 Å². The molecule has 2 rings (SSSR count). The lowest BCUT2D eigenvalue weighted by Crippen LogP contribution is -2.30. The molecule has 23 heavy (non-hydrogen) atoms. The van der Waals surface area contributed by atoms with Crippen molar-refractivity contribution in [3.05, 3.63) is 29.6 Å². The average molecular weight is 345 g/mol. The molecule has 0 bridgehead atoms. The number of esters is 1. The highest BCUT2D eigenvalue weighted by Gasteiger charge is 2.24. The van der Waals surface area contributed by atoms with Crippen LogP contribution < -0.4 is 9.46 Å². The summed E-state index contributed by atoms with van der Waals surface area (Å²) >= 11 is 0. The molecule has 0 radical (unpaired) electrons. The summed E-state index contributed by atoms with van der Waals surface area (Å²) in [4.78, 5) is 11.0. The van der Waals surface area contributed by atoms with Gasteiger partial charge in [0.2, 0.25) is 10.0 Å². The molecule has 1 heterocycles. The fourth-order valence-electron chi connectivity index (χ4n) is 2.45. The molecule has 0 amide bonds. The van der Waals surface area contributed by atoms with Crippen molar-refractivity contribution >= 4 is 16.0 Å². The van der Waals surface area contributed by atoms with Gasteiger partial charge in [-0.15, -0.1) is 0 Å². The zero-order valence-electron chi connectivity index (χ0n) is 12.9. The van der Waals surface area contributed by atoms with E-state index in [9.17, 15) is 17.6 Å². The van der Waals surface area contributed by atoms with Crippen molar-refractivity contribution in [2.75, 3.05) is 19.5 Å². The number of methoxy groups -OCH3 is 1. The number of hydrogen-bond acceptors (Lipinski definition) is 5. The summed E-state index contributed by atoms with van der Waals surface area (Å²) in [5.41, 5.74) is 0.625. The van der Waals surface area contributed by atoms with Crippen LogP contribution in [0.4, 0.5) is 4.39 Å². The van der Waals surface area contributed by atoms with Crippen molar-refractivity contribution in [1.82, 2.24) is 4.72 Å². The third-order valence-electron chi connectivity index (χ3n) is 3.59. The van der Waals surface area contributed by atoms with Crippen LogP contribution in [0.3, 0.4) is 0 Å². The molecule has 0 fully saturated rings. The Morgan fingerprint density at radius 1 is 1.48 bits per heavy atom. The minimum atomic E-state index is -3.56. The summed E-state index contributed by atoms with van der Waals surface area (Å²) in [7, 11) is -2.30. The van der Waals surface area contributed by atoms with Gasteiger partial charge in [0.15, 0.2) is 0 Å². The van der Waals surface area contributed by atoms with E-state index in [1.807, 2.05) is 0 Å². The number of ether oxygens (including phenoxy) is 2. The van der Waals surface area contributed by atoms with Crippen LogP contribution in [-0.4, -0.2) is 33.9 Å². The molecule has 1 aromatic carbocycles. The van der Waals surface area contributed by atoms with Crippen LogP contribution in [-0.2, 0) is 19.6 Å². The third-order valence-corrected chi connectivity index (χ3v) is 5.06. The molecule has 0 aromatic heterocycles. The lowest BCUT2D eigenvalue weighted by atomic mass is 10.0. The molecule has 128 valence electrons. The molecule has 8 heteroatoms. The van der Waals surface area contributed by atoms with E-state index in [1.165, 1.54) is 25.3 Å². The number of halogens is 1. The normalized spacial score (nSPS) is 17.7. The van der Waals surface area contributed by atoms with Crippen LogP contribution >= 0.6 is 0 Å². The second-order valence-corrected chi connectivity index (χ2v) is 7.22. The monoisotopic (exact) mass is 345 g/mol. The molecule has 1 aliphatic heterocycles. The lowest BCUT2D eigenvalue weighted by molar-refractivity contribution is -0.140. The van der Waals surface area contributed by atoms with E-state index in [2.05, 4.69) is 9.46 Å². The molecule has 1 atom stereocenters. The molecule has 0 aliphatic carbocycles. The highest BCUT2D eigenvalue weighted by Crippen LogP contribution is 2.32. The van der Waals surface area contributed by atoms with Gasteiger partial charge in [0, 0.05) is 18.1 Å². The minimum Gasteiger partial charge on any atom is -0.493 e. The van der Waals surface area contributed by atoms with Crippen molar-refractivity contribution in [1.29, 1.82) is 0 Å². The quantitative estimate of drug-likeness (QED) is 0.797. The molecule has 0 saturated heterocycles. The molecule has 1 aromatic rings. The molecule has 6 nitrogen and oxygen atoms in total. The molecule has 0 unspecified atom stereocenters. The first-order valence-corrected chi connectivity index (χ1v) is 9.05. The smallest absolute Gasteiger partial charge is 0.305 e. The third kappa shape index (κ3) is 5.18. The molecular weight excluding hydrogens is 325 g/mol. The number of carbonyl (C=O) groups is 1. The Morgan fingerprint density at radius 3 is 3.00 bits per heavy atom. The van der Waals surface area contributed by atoms with E-state index in [0.29, 0.717) is 30.8 Å². The Hall–Kier alpha value is -1.67. The molecule has 0 spiro atoms. The van der Waals surface area contributed by atoms with Crippen molar-refractivity contribution in [3.63, 3.8) is 0 Å². The zero-order valence-corrected chi connectivity index (χ0v) is 13.7. The summed E-state index contributed by atoms with van der Waals surface area (Å²) in [6, 6.07) is 3.62. The van der Waals surface area contributed by atoms with Crippen LogP contribution in [0.2, 0.25) is 0 Å². The van der Waals surface area contributed by atoms with E-state index in [1.54, 1.807) is 0 Å². The van der Waals surface area contributed by atoms with Crippen molar-refractivity contribution in [3.8, 4) is 5.75 Å². The van der Waals surface area contributed by atoms with Crippen LogP contribution in [0.1, 0.15) is 37.3 Å². The molecular formula is C15H20FNO5S. The highest BCUT2D eigenvalue weighted by molar-refractivity contribution is 7.89. The van der Waals surface area contributed by atoms with E-state index >= 15 is 0 Å². The Morgan fingerprint density at radius 2 is 2.26 bits per heavy atom. The molecule has 0 saturated carbocycles. The fourth-order valence-corrected chi connectivity index (χ4v) is 3.77. The number of carbonyl (C=O) groups excluding carboxylic acids is 1. The van der Waals surface area contributed by atoms with Gasteiger partial charge in [-0.3, -0.25) is 4.79 Å². The zero-order chi connectivity index (χ0) is 16.9. The first-order valence-electron chi connectivity index (χ1n) is 7.40. The van der Waals surface area contributed by atoms with Crippen LogP contribution in [0.5, 0.6) is 5.75 Å². The van der Waals surface area contributed by atoms with E-state index < -0.39 is 27.9 Å². The highest BCUT2D eigenvalue weighted by atomic mass is 32.2. The summed E-state index contributed by atoms with van der Waals surface area (Å²) in [6.45, 7) is 0.414. The Balaban J connectivity index is 2.05. The van der Waals surface area contributed by atoms with Crippen LogP contribution in [0.15, 0.2) is 18.2 Å². The van der Waals surface area contributed by atoms with Gasteiger partial charge >= 0.3 is 5.97 Å². The summed E-state index contributed by atoms with van der Waals surface area (Å²) in [5, 5.41) is 0. The van der Waals surface area contributed by atoms with Gasteiger partial charge in [0.25, 0.3) is 0 Å². The summed E-state index contributed by atoms with van der Waals surface area (Å²) in [6.07, 6.45) is 1.45. The first kappa shape index (κ1) is 17.7. The number of benzene rings is 1. The topological polar surface area (TPSA) is 81.7 Å². The first-order chi connectivity index (χ1) is 10.9. The van der Waals surface area contributed by atoms with Gasteiger partial charge in [-0.25, -0.2) is 17.5 Å². The number of nitrogens with one attached hydrogen (secondary N) is 1. The van der Waals surface area contributed by atoms with E-state index in [4.69, 9.17) is 4.74 Å². The summed E-state index contributed by atoms with van der Waals surface area (Å²) < 4.78 is 50.2. The van der Waals surface area contributed by atoms with E-state index in [-0.39, 0.29) is 18.6 Å². The van der Waals surface area contributed by atoms with E-state index in [0.717, 1.165) is 0 Å². The number of hydrogen-bond donors (Lipinski definition) is 1. The van der Waals surface area contributed by atoms with Crippen LogP contribution in [0, 0.1) is 5.82 Å². The Kier molecular flexibility index (Phi) is 5.95. The number of fused-ring (bicyclic) bond motifs is 1. The fraction of sp³-hybridized carbons (Fsp3) is 0.533. The molecule has 1 aliphatic rings. The number of sulfonamides is 1. The van der Waals surface area contributed by atoms with Gasteiger partial charge in [-0.05, 0) is 25.3 Å². The van der Waals surface area contributed by atoms with Crippen LogP contribution in [0.25, 0.3) is 0 Å². The standard InChI is InChI=1S/C15H20FNO5S/c1-21-15(18)5-3-9-23(19,20)17-13-4-2-8-22-14-10-11(16)6-7-12(13)14/h6-7,10,13,17H,2-5,8-9H2,1H3/t13-/m0/s1. The average Bonchev–Trinajstić information content (AvgIpc) is 2.68. The lowest BCUT2D eigenvalue weighted by Gasteiger charge is -2.18. The van der Waals surface area contributed by atoms with Crippen molar-refractivity contribution in [2.45, 2.75) is 31.7 Å². The number of rotatable bonds is 6. The van der Waals surface area contributed by atoms with Crippen molar-refractivity contribution in [2.24, 2.45) is 0 Å². The van der Waals surface area contributed by atoms with Gasteiger partial charge < -0.3 is 9.47 Å². The Labute approximate surface area is 135 Å². The predicted molar refractivity (Wildman–Crippen MR) is 82.0 cm³/mol. The second-order valence-electron chi connectivity index (χ2n) is 5.34. The second kappa shape index (κ2) is 7.74. The largest absolute Gasteiger partial charge is 0.493 e. The maximum absolute atomic E-state index is 13.3. The van der Waals surface area contributed by atoms with Gasteiger partial charge in [0.05, 0.1) is 25.5 Å². The summed E-state index contributed by atoms with van der Waals surface area (Å²) in [5.74, 6) is -0.672. The molecule has 1 N–H and O–H groups in total. The SMILES string of the molecule is COC(=O)CCCS(=O)(=O)N[C@H]1CCCOc2cc(F)ccc21. The van der Waals surface area contributed by atoms with Gasteiger partial charge in [0.1, 0.15) is 11.6 Å². The van der Waals surface area contributed by atoms with Crippen molar-refractivity contribution < 1.29 is 27.1 Å². The maximum atomic E-state index is 13.3.